The minimum atomic E-state index is -4.34. The molecular weight excluding hydrogens is 332 g/mol. The molecule has 2 rings (SSSR count). The van der Waals surface area contributed by atoms with Crippen LogP contribution in [-0.4, -0.2) is 28.5 Å². The van der Waals surface area contributed by atoms with Gasteiger partial charge in [0.15, 0.2) is 0 Å². The highest BCUT2D eigenvalue weighted by Gasteiger charge is 2.17. The molecule has 0 spiro atoms. The van der Waals surface area contributed by atoms with Gasteiger partial charge in [-0.3, -0.25) is 4.55 Å². The number of benzene rings is 2. The maximum absolute atomic E-state index is 12.1. The monoisotopic (exact) mass is 344 g/mol. The zero-order chi connectivity index (χ0) is 16.4. The van der Waals surface area contributed by atoms with E-state index in [9.17, 15) is 16.8 Å². The lowest BCUT2D eigenvalue weighted by atomic mass is 10.3. The van der Waals surface area contributed by atoms with Gasteiger partial charge in [-0.05, 0) is 48.5 Å². The molecular formula is C13H12O7S2. The molecule has 0 aromatic heterocycles. The van der Waals surface area contributed by atoms with E-state index in [0.29, 0.717) is 5.75 Å². The van der Waals surface area contributed by atoms with Crippen molar-refractivity contribution in [2.24, 2.45) is 0 Å². The molecule has 0 atom stereocenters. The zero-order valence-corrected chi connectivity index (χ0v) is 13.0. The molecule has 0 saturated carbocycles. The molecule has 0 aliphatic rings. The van der Waals surface area contributed by atoms with Crippen LogP contribution in [-0.2, 0) is 20.2 Å². The van der Waals surface area contributed by atoms with Crippen molar-refractivity contribution >= 4 is 20.2 Å². The third-order valence-corrected chi connectivity index (χ3v) is 4.80. The van der Waals surface area contributed by atoms with Gasteiger partial charge in [-0.25, -0.2) is 0 Å². The van der Waals surface area contributed by atoms with E-state index < -0.39 is 20.2 Å². The highest BCUT2D eigenvalue weighted by molar-refractivity contribution is 7.87. The van der Waals surface area contributed by atoms with Gasteiger partial charge < -0.3 is 8.92 Å². The molecule has 2 aromatic rings. The van der Waals surface area contributed by atoms with Gasteiger partial charge in [0.05, 0.1) is 12.0 Å². The minimum absolute atomic E-state index is 0.0767. The highest BCUT2D eigenvalue weighted by Crippen LogP contribution is 2.22. The van der Waals surface area contributed by atoms with Crippen molar-refractivity contribution in [2.45, 2.75) is 9.79 Å². The summed E-state index contributed by atoms with van der Waals surface area (Å²) in [5.74, 6) is 0.416. The van der Waals surface area contributed by atoms with Crippen LogP contribution in [0.15, 0.2) is 58.3 Å². The van der Waals surface area contributed by atoms with Crippen LogP contribution in [0.5, 0.6) is 11.5 Å². The molecule has 0 aliphatic carbocycles. The highest BCUT2D eigenvalue weighted by atomic mass is 32.2. The fourth-order valence-electron chi connectivity index (χ4n) is 1.58. The smallest absolute Gasteiger partial charge is 0.339 e. The van der Waals surface area contributed by atoms with Crippen LogP contribution in [0.4, 0.5) is 0 Å². The van der Waals surface area contributed by atoms with E-state index in [0.717, 1.165) is 24.3 Å². The predicted molar refractivity (Wildman–Crippen MR) is 77.1 cm³/mol. The Morgan fingerprint density at radius 1 is 0.773 bits per heavy atom. The average Bonchev–Trinajstić information content (AvgIpc) is 2.46. The predicted octanol–water partition coefficient (Wildman–Crippen LogP) is 1.71. The van der Waals surface area contributed by atoms with Crippen LogP contribution in [0.2, 0.25) is 0 Å². The van der Waals surface area contributed by atoms with Gasteiger partial charge in [-0.15, -0.1) is 0 Å². The summed E-state index contributed by atoms with van der Waals surface area (Å²) in [5.41, 5.74) is 0. The SMILES string of the molecule is COc1ccc(S(=O)(=O)Oc2ccc(S(=O)(=O)O)cc2)cc1. The van der Waals surface area contributed by atoms with E-state index >= 15 is 0 Å². The molecule has 0 heterocycles. The Morgan fingerprint density at radius 3 is 1.68 bits per heavy atom. The summed E-state index contributed by atoms with van der Waals surface area (Å²) in [6.07, 6.45) is 0. The molecule has 0 amide bonds. The summed E-state index contributed by atoms with van der Waals surface area (Å²) < 4.78 is 64.6. The summed E-state index contributed by atoms with van der Waals surface area (Å²) in [5, 5.41) is 0. The first-order chi connectivity index (χ1) is 10.2. The Kier molecular flexibility index (Phi) is 4.40. The molecule has 0 fully saturated rings. The van der Waals surface area contributed by atoms with E-state index in [-0.39, 0.29) is 15.5 Å². The molecule has 0 bridgehead atoms. The summed E-state index contributed by atoms with van der Waals surface area (Å²) in [4.78, 5) is -0.436. The second kappa shape index (κ2) is 5.95. The summed E-state index contributed by atoms with van der Waals surface area (Å²) in [6.45, 7) is 0. The average molecular weight is 344 g/mol. The first kappa shape index (κ1) is 16.3. The van der Waals surface area contributed by atoms with E-state index in [1.54, 1.807) is 0 Å². The van der Waals surface area contributed by atoms with Gasteiger partial charge in [0.2, 0.25) is 0 Å². The molecule has 22 heavy (non-hydrogen) atoms. The van der Waals surface area contributed by atoms with Crippen molar-refractivity contribution < 1.29 is 30.3 Å². The third kappa shape index (κ3) is 3.75. The van der Waals surface area contributed by atoms with E-state index in [4.69, 9.17) is 13.5 Å². The fourth-order valence-corrected chi connectivity index (χ4v) is 2.99. The molecule has 118 valence electrons. The van der Waals surface area contributed by atoms with Crippen molar-refractivity contribution in [1.82, 2.24) is 0 Å². The lowest BCUT2D eigenvalue weighted by Gasteiger charge is -2.08. The number of rotatable bonds is 5. The van der Waals surface area contributed by atoms with Gasteiger partial charge in [-0.1, -0.05) is 0 Å². The molecule has 7 nitrogen and oxygen atoms in total. The van der Waals surface area contributed by atoms with Gasteiger partial charge in [0.25, 0.3) is 10.1 Å². The van der Waals surface area contributed by atoms with Crippen LogP contribution in [0.25, 0.3) is 0 Å². The first-order valence-corrected chi connectivity index (χ1v) is 8.73. The van der Waals surface area contributed by atoms with Gasteiger partial charge in [0, 0.05) is 0 Å². The Labute approximate surface area is 128 Å². The Balaban J connectivity index is 2.24. The summed E-state index contributed by atoms with van der Waals surface area (Å²) in [6, 6.07) is 9.91. The van der Waals surface area contributed by atoms with Crippen molar-refractivity contribution in [3.8, 4) is 11.5 Å². The quantitative estimate of drug-likeness (QED) is 0.650. The van der Waals surface area contributed by atoms with Crippen LogP contribution in [0, 0.1) is 0 Å². The molecule has 0 saturated heterocycles. The second-order valence-electron chi connectivity index (χ2n) is 4.16. The molecule has 0 aliphatic heterocycles. The van der Waals surface area contributed by atoms with Crippen molar-refractivity contribution in [3.63, 3.8) is 0 Å². The first-order valence-electron chi connectivity index (χ1n) is 5.88. The van der Waals surface area contributed by atoms with E-state index in [2.05, 4.69) is 0 Å². The number of hydrogen-bond acceptors (Lipinski definition) is 6. The topological polar surface area (TPSA) is 107 Å². The molecule has 0 radical (unpaired) electrons. The minimum Gasteiger partial charge on any atom is -0.497 e. The van der Waals surface area contributed by atoms with Crippen LogP contribution >= 0.6 is 0 Å². The Hall–Kier alpha value is -2.10. The lowest BCUT2D eigenvalue weighted by Crippen LogP contribution is -2.09. The third-order valence-electron chi connectivity index (χ3n) is 2.68. The van der Waals surface area contributed by atoms with Crippen LogP contribution in [0.3, 0.4) is 0 Å². The molecule has 2 aromatic carbocycles. The van der Waals surface area contributed by atoms with Crippen LogP contribution < -0.4 is 8.92 Å². The standard InChI is InChI=1S/C13H12O7S2/c1-19-10-2-8-13(9-3-10)22(17,18)20-11-4-6-12(7-5-11)21(14,15)16/h2-9H,1H3,(H,14,15,16). The van der Waals surface area contributed by atoms with E-state index in [1.807, 2.05) is 0 Å². The maximum Gasteiger partial charge on any atom is 0.339 e. The molecule has 0 unspecified atom stereocenters. The Bertz CT molecular complexity index is 852. The zero-order valence-electron chi connectivity index (χ0n) is 11.3. The maximum atomic E-state index is 12.1. The number of hydrogen-bond donors (Lipinski definition) is 1. The van der Waals surface area contributed by atoms with Crippen LogP contribution in [0.1, 0.15) is 0 Å². The van der Waals surface area contributed by atoms with Gasteiger partial charge in [-0.2, -0.15) is 16.8 Å². The fraction of sp³-hybridized carbons (Fsp3) is 0.0769. The lowest BCUT2D eigenvalue weighted by molar-refractivity contribution is 0.414. The van der Waals surface area contributed by atoms with Crippen molar-refractivity contribution in [1.29, 1.82) is 0 Å². The number of ether oxygens (including phenoxy) is 1. The Morgan fingerprint density at radius 2 is 1.23 bits per heavy atom. The van der Waals surface area contributed by atoms with Crippen molar-refractivity contribution in [3.05, 3.63) is 48.5 Å². The van der Waals surface area contributed by atoms with E-state index in [1.165, 1.54) is 31.4 Å². The van der Waals surface area contributed by atoms with Gasteiger partial charge >= 0.3 is 10.1 Å². The number of methoxy groups -OCH3 is 1. The largest absolute Gasteiger partial charge is 0.497 e. The normalized spacial score (nSPS) is 11.9. The summed E-state index contributed by atoms with van der Waals surface area (Å²) in [7, 11) is -6.94. The van der Waals surface area contributed by atoms with Gasteiger partial charge in [0.1, 0.15) is 16.4 Å². The second-order valence-corrected chi connectivity index (χ2v) is 7.13. The molecule has 9 heteroatoms. The summed E-state index contributed by atoms with van der Waals surface area (Å²) >= 11 is 0. The molecule has 1 N–H and O–H groups in total. The van der Waals surface area contributed by atoms with Crippen molar-refractivity contribution in [2.75, 3.05) is 7.11 Å².